The summed E-state index contributed by atoms with van der Waals surface area (Å²) in [6.07, 6.45) is 1.58. The van der Waals surface area contributed by atoms with Gasteiger partial charge in [-0.05, 0) is 74.3 Å². The molecule has 1 saturated heterocycles. The molecule has 1 atom stereocenters. The van der Waals surface area contributed by atoms with Gasteiger partial charge in [0.1, 0.15) is 19.0 Å². The molecule has 222 valence electrons. The van der Waals surface area contributed by atoms with E-state index in [9.17, 15) is 14.7 Å². The Morgan fingerprint density at radius 3 is 2.46 bits per heavy atom. The number of amides is 1. The van der Waals surface area contributed by atoms with Gasteiger partial charge < -0.3 is 33.9 Å². The number of carbonyl (C=O) groups excluding carboxylic acids is 2. The number of fused-ring (bicyclic) bond motifs is 1. The van der Waals surface area contributed by atoms with Crippen molar-refractivity contribution in [3.05, 3.63) is 53.1 Å². The molecule has 2 aliphatic rings. The van der Waals surface area contributed by atoms with Crippen molar-refractivity contribution in [1.29, 1.82) is 0 Å². The lowest BCUT2D eigenvalue weighted by Crippen LogP contribution is -2.33. The number of ketones is 1. The first-order chi connectivity index (χ1) is 19.8. The summed E-state index contributed by atoms with van der Waals surface area (Å²) in [5.74, 6) is 1.02. The minimum atomic E-state index is -0.793. The minimum absolute atomic E-state index is 0.0325. The summed E-state index contributed by atoms with van der Waals surface area (Å²) in [5, 5.41) is 11.5. The Balaban J connectivity index is 1.74. The number of nitrogens with zero attached hydrogens (tertiary/aromatic N) is 2. The number of hydrogen-bond acceptors (Lipinski definition) is 8. The molecule has 1 N–H and O–H groups in total. The maximum absolute atomic E-state index is 13.5. The van der Waals surface area contributed by atoms with Gasteiger partial charge in [0.2, 0.25) is 0 Å². The molecule has 41 heavy (non-hydrogen) atoms. The molecule has 2 heterocycles. The summed E-state index contributed by atoms with van der Waals surface area (Å²) in [7, 11) is 1.56. The fraction of sp³-hybridized carbons (Fsp3) is 0.500. The molecule has 1 amide bonds. The number of ether oxygens (including phenoxy) is 4. The van der Waals surface area contributed by atoms with Crippen molar-refractivity contribution >= 4 is 17.4 Å². The number of Topliss-reactive ketones (excluding diaryl/α,β-unsaturated/α-hetero) is 1. The molecule has 2 aromatic rings. The SMILES string of the molecule is CCN(CC)CCCN1C(=O)C(=O)/C(=C(\O)c2ccc3c(c2)OCCO3)C1c1ccc(OCCC(C)C)c(OC)c1. The molecule has 0 saturated carbocycles. The second-order valence-corrected chi connectivity index (χ2v) is 10.7. The molecule has 0 radical (unpaired) electrons. The summed E-state index contributed by atoms with van der Waals surface area (Å²) in [6, 6.07) is 9.63. The molecule has 0 spiro atoms. The highest BCUT2D eigenvalue weighted by Gasteiger charge is 2.46. The van der Waals surface area contributed by atoms with Crippen LogP contribution >= 0.6 is 0 Å². The van der Waals surface area contributed by atoms with E-state index >= 15 is 0 Å². The van der Waals surface area contributed by atoms with Gasteiger partial charge in [0.25, 0.3) is 11.7 Å². The second kappa shape index (κ2) is 13.8. The van der Waals surface area contributed by atoms with Gasteiger partial charge in [-0.25, -0.2) is 0 Å². The number of rotatable bonds is 13. The highest BCUT2D eigenvalue weighted by atomic mass is 16.6. The summed E-state index contributed by atoms with van der Waals surface area (Å²) in [4.78, 5) is 30.8. The number of carbonyl (C=O) groups is 2. The highest BCUT2D eigenvalue weighted by molar-refractivity contribution is 6.46. The molecule has 2 aliphatic heterocycles. The van der Waals surface area contributed by atoms with E-state index in [1.165, 1.54) is 0 Å². The zero-order valence-electron chi connectivity index (χ0n) is 24.8. The standard InChI is InChI=1S/C32H42N2O7/c1-6-33(7-2)14-8-15-34-29(22-9-11-24(26(19-22)38-5)39-16-13-21(3)4)28(31(36)32(34)37)30(35)23-10-12-25-27(20-23)41-18-17-40-25/h9-12,19-21,29,35H,6-8,13-18H2,1-5H3/b30-28-. The molecule has 1 fully saturated rings. The largest absolute Gasteiger partial charge is 0.507 e. The van der Waals surface area contributed by atoms with Crippen molar-refractivity contribution in [2.75, 3.05) is 53.1 Å². The molecule has 9 heteroatoms. The first-order valence-corrected chi connectivity index (χ1v) is 14.5. The van der Waals surface area contributed by atoms with Gasteiger partial charge in [0.05, 0.1) is 25.3 Å². The van der Waals surface area contributed by atoms with Gasteiger partial charge in [0.15, 0.2) is 23.0 Å². The number of aliphatic hydroxyl groups excluding tert-OH is 1. The second-order valence-electron chi connectivity index (χ2n) is 10.7. The molecular formula is C32H42N2O7. The third-order valence-electron chi connectivity index (χ3n) is 7.58. The van der Waals surface area contributed by atoms with Gasteiger partial charge in [-0.2, -0.15) is 0 Å². The predicted molar refractivity (Wildman–Crippen MR) is 157 cm³/mol. The van der Waals surface area contributed by atoms with E-state index in [4.69, 9.17) is 18.9 Å². The fourth-order valence-corrected chi connectivity index (χ4v) is 5.19. The molecular weight excluding hydrogens is 524 g/mol. The van der Waals surface area contributed by atoms with Crippen LogP contribution in [0.5, 0.6) is 23.0 Å². The van der Waals surface area contributed by atoms with Gasteiger partial charge in [-0.15, -0.1) is 0 Å². The van der Waals surface area contributed by atoms with Crippen LogP contribution in [0.2, 0.25) is 0 Å². The lowest BCUT2D eigenvalue weighted by atomic mass is 9.94. The van der Waals surface area contributed by atoms with Crippen LogP contribution in [0.25, 0.3) is 5.76 Å². The maximum Gasteiger partial charge on any atom is 0.295 e. The minimum Gasteiger partial charge on any atom is -0.507 e. The van der Waals surface area contributed by atoms with Gasteiger partial charge in [-0.3, -0.25) is 9.59 Å². The van der Waals surface area contributed by atoms with E-state index in [1.54, 1.807) is 42.3 Å². The zero-order valence-corrected chi connectivity index (χ0v) is 24.8. The van der Waals surface area contributed by atoms with Crippen molar-refractivity contribution in [3.63, 3.8) is 0 Å². The van der Waals surface area contributed by atoms with E-state index in [0.717, 1.165) is 26.1 Å². The average Bonchev–Trinajstić information content (AvgIpc) is 3.23. The molecule has 0 aromatic heterocycles. The van der Waals surface area contributed by atoms with Crippen LogP contribution in [0.15, 0.2) is 42.0 Å². The van der Waals surface area contributed by atoms with Gasteiger partial charge >= 0.3 is 0 Å². The maximum atomic E-state index is 13.5. The first kappa shape index (κ1) is 30.2. The van der Waals surface area contributed by atoms with Crippen LogP contribution < -0.4 is 18.9 Å². The topological polar surface area (TPSA) is 97.8 Å². The van der Waals surface area contributed by atoms with Crippen LogP contribution in [0.4, 0.5) is 0 Å². The summed E-state index contributed by atoms with van der Waals surface area (Å²) in [6.45, 7) is 12.8. The van der Waals surface area contributed by atoms with Crippen molar-refractivity contribution in [3.8, 4) is 23.0 Å². The van der Waals surface area contributed by atoms with Gasteiger partial charge in [0, 0.05) is 12.1 Å². The Bertz CT molecular complexity index is 1270. The number of benzene rings is 2. The Morgan fingerprint density at radius 1 is 1.05 bits per heavy atom. The predicted octanol–water partition coefficient (Wildman–Crippen LogP) is 5.04. The normalized spacial score (nSPS) is 17.9. The Labute approximate surface area is 242 Å². The van der Waals surface area contributed by atoms with Crippen molar-refractivity contribution in [2.45, 2.75) is 46.6 Å². The summed E-state index contributed by atoms with van der Waals surface area (Å²) >= 11 is 0. The molecule has 1 unspecified atom stereocenters. The molecule has 4 rings (SSSR count). The molecule has 0 aliphatic carbocycles. The van der Waals surface area contributed by atoms with Crippen LogP contribution in [0.1, 0.15) is 57.7 Å². The molecule has 0 bridgehead atoms. The number of aliphatic hydroxyl groups is 1. The molecule has 9 nitrogen and oxygen atoms in total. The number of methoxy groups -OCH3 is 1. The van der Waals surface area contributed by atoms with E-state index in [0.29, 0.717) is 72.8 Å². The highest BCUT2D eigenvalue weighted by Crippen LogP contribution is 2.43. The lowest BCUT2D eigenvalue weighted by Gasteiger charge is -2.27. The lowest BCUT2D eigenvalue weighted by molar-refractivity contribution is -0.140. The van der Waals surface area contributed by atoms with E-state index in [2.05, 4.69) is 32.6 Å². The number of hydrogen-bond donors (Lipinski definition) is 1. The van der Waals surface area contributed by atoms with E-state index in [-0.39, 0.29) is 11.3 Å². The third-order valence-corrected chi connectivity index (χ3v) is 7.58. The Kier molecular flexibility index (Phi) is 10.2. The monoisotopic (exact) mass is 566 g/mol. The Morgan fingerprint density at radius 2 is 1.78 bits per heavy atom. The average molecular weight is 567 g/mol. The van der Waals surface area contributed by atoms with Crippen molar-refractivity contribution in [2.24, 2.45) is 5.92 Å². The number of likely N-dealkylation sites (tertiary alicyclic amines) is 1. The van der Waals surface area contributed by atoms with Crippen LogP contribution in [0, 0.1) is 5.92 Å². The third kappa shape index (κ3) is 6.78. The van der Waals surface area contributed by atoms with E-state index < -0.39 is 17.7 Å². The van der Waals surface area contributed by atoms with Crippen LogP contribution in [-0.2, 0) is 9.59 Å². The van der Waals surface area contributed by atoms with Crippen LogP contribution in [-0.4, -0.2) is 79.7 Å². The zero-order chi connectivity index (χ0) is 29.5. The van der Waals surface area contributed by atoms with Gasteiger partial charge in [-0.1, -0.05) is 33.8 Å². The first-order valence-electron chi connectivity index (χ1n) is 14.5. The quantitative estimate of drug-likeness (QED) is 0.205. The molecule has 2 aromatic carbocycles. The fourth-order valence-electron chi connectivity index (χ4n) is 5.19. The summed E-state index contributed by atoms with van der Waals surface area (Å²) in [5.41, 5.74) is 1.06. The Hall–Kier alpha value is -3.72. The van der Waals surface area contributed by atoms with E-state index in [1.807, 2.05) is 6.07 Å². The van der Waals surface area contributed by atoms with Crippen molar-refractivity contribution in [1.82, 2.24) is 9.80 Å². The van der Waals surface area contributed by atoms with Crippen molar-refractivity contribution < 1.29 is 33.6 Å². The summed E-state index contributed by atoms with van der Waals surface area (Å²) < 4.78 is 22.9. The van der Waals surface area contributed by atoms with Crippen LogP contribution in [0.3, 0.4) is 0 Å². The smallest absolute Gasteiger partial charge is 0.295 e.